The molecule has 2 aromatic rings. The summed E-state index contributed by atoms with van der Waals surface area (Å²) in [5.41, 5.74) is 2.29. The minimum absolute atomic E-state index is 0.0684. The number of hydrogen-bond donors (Lipinski definition) is 1. The average Bonchev–Trinajstić information content (AvgIpc) is 2.32. The molecular formula is C13H9ClN2O2. The Balaban J connectivity index is 2.01. The molecule has 0 saturated carbocycles. The molecule has 1 atom stereocenters. The van der Waals surface area contributed by atoms with Crippen molar-refractivity contribution in [3.63, 3.8) is 0 Å². The van der Waals surface area contributed by atoms with E-state index in [1.54, 1.807) is 0 Å². The Hall–Kier alpha value is -1.94. The van der Waals surface area contributed by atoms with Gasteiger partial charge in [-0.05, 0) is 17.5 Å². The third-order valence-electron chi connectivity index (χ3n) is 3.13. The quantitative estimate of drug-likeness (QED) is 0.901. The first-order chi connectivity index (χ1) is 8.66. The van der Waals surface area contributed by atoms with E-state index in [-0.39, 0.29) is 16.6 Å². The normalized spacial score (nSPS) is 16.8. The Labute approximate surface area is 108 Å². The zero-order chi connectivity index (χ0) is 12.7. The van der Waals surface area contributed by atoms with Crippen molar-refractivity contribution in [2.45, 2.75) is 12.3 Å². The van der Waals surface area contributed by atoms with Crippen molar-refractivity contribution in [3.8, 4) is 0 Å². The van der Waals surface area contributed by atoms with Crippen molar-refractivity contribution < 1.29 is 9.90 Å². The van der Waals surface area contributed by atoms with Crippen LogP contribution in [0.15, 0.2) is 30.5 Å². The van der Waals surface area contributed by atoms with Gasteiger partial charge in [0, 0.05) is 5.92 Å². The van der Waals surface area contributed by atoms with Gasteiger partial charge in [-0.25, -0.2) is 14.8 Å². The number of benzene rings is 1. The van der Waals surface area contributed by atoms with Gasteiger partial charge in [0.1, 0.15) is 5.82 Å². The van der Waals surface area contributed by atoms with Crippen LogP contribution in [-0.4, -0.2) is 21.0 Å². The highest BCUT2D eigenvalue weighted by Gasteiger charge is 2.30. The molecule has 1 unspecified atom stereocenters. The van der Waals surface area contributed by atoms with Gasteiger partial charge in [0.25, 0.3) is 0 Å². The summed E-state index contributed by atoms with van der Waals surface area (Å²) in [6.45, 7) is 0. The Kier molecular flexibility index (Phi) is 2.52. The molecule has 1 aromatic heterocycles. The first kappa shape index (κ1) is 11.2. The molecule has 5 heteroatoms. The molecule has 1 aromatic carbocycles. The second kappa shape index (κ2) is 4.07. The number of hydrogen-bond acceptors (Lipinski definition) is 3. The van der Waals surface area contributed by atoms with Crippen LogP contribution in [0.1, 0.15) is 33.4 Å². The molecule has 1 aliphatic carbocycles. The van der Waals surface area contributed by atoms with Gasteiger partial charge in [-0.15, -0.1) is 0 Å². The van der Waals surface area contributed by atoms with Gasteiger partial charge in [-0.3, -0.25) is 0 Å². The topological polar surface area (TPSA) is 63.1 Å². The molecule has 0 bridgehead atoms. The molecule has 1 aliphatic rings. The van der Waals surface area contributed by atoms with Crippen LogP contribution in [0.25, 0.3) is 0 Å². The van der Waals surface area contributed by atoms with Gasteiger partial charge in [-0.2, -0.15) is 0 Å². The molecule has 4 nitrogen and oxygen atoms in total. The molecule has 1 N–H and O–H groups in total. The predicted molar refractivity (Wildman–Crippen MR) is 66.0 cm³/mol. The van der Waals surface area contributed by atoms with Crippen LogP contribution in [0.5, 0.6) is 0 Å². The fourth-order valence-electron chi connectivity index (χ4n) is 2.19. The maximum atomic E-state index is 11.0. The Morgan fingerprint density at radius 2 is 2.17 bits per heavy atom. The van der Waals surface area contributed by atoms with E-state index in [4.69, 9.17) is 16.7 Å². The third-order valence-corrected chi connectivity index (χ3v) is 3.41. The summed E-state index contributed by atoms with van der Waals surface area (Å²) in [6, 6.07) is 8.02. The molecule has 0 spiro atoms. The van der Waals surface area contributed by atoms with E-state index in [0.29, 0.717) is 5.82 Å². The highest BCUT2D eigenvalue weighted by Crippen LogP contribution is 2.38. The number of rotatable bonds is 2. The second-order valence-corrected chi connectivity index (χ2v) is 4.59. The summed E-state index contributed by atoms with van der Waals surface area (Å²) in [7, 11) is 0. The number of halogens is 1. The summed E-state index contributed by atoms with van der Waals surface area (Å²) < 4.78 is 0. The van der Waals surface area contributed by atoms with Crippen LogP contribution in [-0.2, 0) is 6.42 Å². The predicted octanol–water partition coefficient (Wildman–Crippen LogP) is 2.52. The molecule has 3 rings (SSSR count). The largest absolute Gasteiger partial charge is 0.476 e. The van der Waals surface area contributed by atoms with Gasteiger partial charge >= 0.3 is 5.97 Å². The van der Waals surface area contributed by atoms with Gasteiger partial charge < -0.3 is 5.11 Å². The maximum Gasteiger partial charge on any atom is 0.356 e. The lowest BCUT2D eigenvalue weighted by Crippen LogP contribution is -2.21. The fourth-order valence-corrected chi connectivity index (χ4v) is 2.36. The number of aromatic nitrogens is 2. The number of carbonyl (C=O) groups is 1. The molecule has 0 saturated heterocycles. The lowest BCUT2D eigenvalue weighted by atomic mass is 9.77. The van der Waals surface area contributed by atoms with E-state index in [1.807, 2.05) is 18.2 Å². The molecule has 0 radical (unpaired) electrons. The lowest BCUT2D eigenvalue weighted by molar-refractivity contribution is 0.0690. The molecule has 0 aliphatic heterocycles. The molecule has 18 heavy (non-hydrogen) atoms. The number of carboxylic acids is 1. The van der Waals surface area contributed by atoms with Crippen molar-refractivity contribution >= 4 is 17.6 Å². The monoisotopic (exact) mass is 260 g/mol. The number of fused-ring (bicyclic) bond motifs is 1. The fraction of sp³-hybridized carbons (Fsp3) is 0.154. The zero-order valence-electron chi connectivity index (χ0n) is 9.30. The SMILES string of the molecule is O=C(O)c1nc(C2Cc3ccccc32)ncc1Cl. The van der Waals surface area contributed by atoms with Gasteiger partial charge in [-0.1, -0.05) is 35.9 Å². The van der Waals surface area contributed by atoms with Crippen LogP contribution in [0, 0.1) is 0 Å². The number of aromatic carboxylic acids is 1. The van der Waals surface area contributed by atoms with E-state index >= 15 is 0 Å². The number of carboxylic acid groups (broad SMARTS) is 1. The molecule has 1 heterocycles. The first-order valence-corrected chi connectivity index (χ1v) is 5.88. The minimum atomic E-state index is -1.13. The van der Waals surface area contributed by atoms with Crippen LogP contribution >= 0.6 is 11.6 Å². The molecule has 90 valence electrons. The third kappa shape index (κ3) is 1.66. The van der Waals surface area contributed by atoms with Crippen LogP contribution in [0.3, 0.4) is 0 Å². The summed E-state index contributed by atoms with van der Waals surface area (Å²) in [4.78, 5) is 19.2. The van der Waals surface area contributed by atoms with Crippen LogP contribution in [0.4, 0.5) is 0 Å². The van der Waals surface area contributed by atoms with Crippen molar-refractivity contribution in [1.29, 1.82) is 0 Å². The summed E-state index contributed by atoms with van der Waals surface area (Å²) in [6.07, 6.45) is 2.20. The van der Waals surface area contributed by atoms with Crippen LogP contribution in [0.2, 0.25) is 5.02 Å². The van der Waals surface area contributed by atoms with Crippen molar-refractivity contribution in [2.24, 2.45) is 0 Å². The zero-order valence-corrected chi connectivity index (χ0v) is 10.1. The Bertz CT molecular complexity index is 643. The Morgan fingerprint density at radius 1 is 1.39 bits per heavy atom. The summed E-state index contributed by atoms with van der Waals surface area (Å²) in [5, 5.41) is 9.05. The van der Waals surface area contributed by atoms with Crippen molar-refractivity contribution in [3.05, 3.63) is 58.1 Å². The maximum absolute atomic E-state index is 11.0. The van der Waals surface area contributed by atoms with Gasteiger partial charge in [0.05, 0.1) is 11.2 Å². The second-order valence-electron chi connectivity index (χ2n) is 4.19. The highest BCUT2D eigenvalue weighted by atomic mass is 35.5. The smallest absolute Gasteiger partial charge is 0.356 e. The van der Waals surface area contributed by atoms with E-state index in [1.165, 1.54) is 11.8 Å². The summed E-state index contributed by atoms with van der Waals surface area (Å²) >= 11 is 5.75. The van der Waals surface area contributed by atoms with Gasteiger partial charge in [0.15, 0.2) is 5.69 Å². The number of nitrogens with zero attached hydrogens (tertiary/aromatic N) is 2. The molecule has 0 fully saturated rings. The minimum Gasteiger partial charge on any atom is -0.476 e. The average molecular weight is 261 g/mol. The standard InChI is InChI=1S/C13H9ClN2O2/c14-10-6-15-12(16-11(10)13(17)18)9-5-7-3-1-2-4-8(7)9/h1-4,6,9H,5H2,(H,17,18). The van der Waals surface area contributed by atoms with E-state index < -0.39 is 5.97 Å². The molecular weight excluding hydrogens is 252 g/mol. The van der Waals surface area contributed by atoms with E-state index in [9.17, 15) is 4.79 Å². The van der Waals surface area contributed by atoms with Crippen molar-refractivity contribution in [2.75, 3.05) is 0 Å². The first-order valence-electron chi connectivity index (χ1n) is 5.50. The Morgan fingerprint density at radius 3 is 2.89 bits per heavy atom. The van der Waals surface area contributed by atoms with Gasteiger partial charge in [0.2, 0.25) is 0 Å². The van der Waals surface area contributed by atoms with Crippen molar-refractivity contribution in [1.82, 2.24) is 9.97 Å². The van der Waals surface area contributed by atoms with E-state index in [2.05, 4.69) is 16.0 Å². The highest BCUT2D eigenvalue weighted by molar-refractivity contribution is 6.33. The molecule has 0 amide bonds. The van der Waals surface area contributed by atoms with Crippen LogP contribution < -0.4 is 0 Å². The van der Waals surface area contributed by atoms with E-state index in [0.717, 1.165) is 12.0 Å². The summed E-state index contributed by atoms with van der Waals surface area (Å²) in [5.74, 6) is -0.525. The lowest BCUT2D eigenvalue weighted by Gasteiger charge is -2.28.